The molecule has 0 aliphatic heterocycles. The van der Waals surface area contributed by atoms with Crippen LogP contribution in [0.25, 0.3) is 0 Å². The van der Waals surface area contributed by atoms with Gasteiger partial charge in [-0.3, -0.25) is 0 Å². The lowest BCUT2D eigenvalue weighted by Gasteiger charge is -2.12. The average molecular weight is 346 g/mol. The lowest BCUT2D eigenvalue weighted by atomic mass is 10.2. The summed E-state index contributed by atoms with van der Waals surface area (Å²) in [6.45, 7) is 2.64. The SMILES string of the molecule is CC(NCCOc1cc(Br)cc(F)c1F)c1ccco1. The maximum absolute atomic E-state index is 13.4. The summed E-state index contributed by atoms with van der Waals surface area (Å²) in [5.41, 5.74) is 0. The molecule has 0 saturated carbocycles. The molecule has 1 heterocycles. The van der Waals surface area contributed by atoms with Crippen LogP contribution in [0, 0.1) is 11.6 Å². The van der Waals surface area contributed by atoms with Crippen LogP contribution in [-0.4, -0.2) is 13.2 Å². The van der Waals surface area contributed by atoms with E-state index in [0.717, 1.165) is 11.8 Å². The van der Waals surface area contributed by atoms with E-state index in [2.05, 4.69) is 21.2 Å². The highest BCUT2D eigenvalue weighted by molar-refractivity contribution is 9.10. The third kappa shape index (κ3) is 3.80. The molecule has 3 nitrogen and oxygen atoms in total. The van der Waals surface area contributed by atoms with Crippen molar-refractivity contribution in [2.45, 2.75) is 13.0 Å². The zero-order valence-corrected chi connectivity index (χ0v) is 12.4. The fourth-order valence-electron chi connectivity index (χ4n) is 1.71. The summed E-state index contributed by atoms with van der Waals surface area (Å²) < 4.78 is 37.5. The molecule has 1 unspecified atom stereocenters. The molecule has 1 aromatic carbocycles. The van der Waals surface area contributed by atoms with Gasteiger partial charge in [0.05, 0.1) is 12.3 Å². The molecule has 0 amide bonds. The Morgan fingerprint density at radius 3 is 2.90 bits per heavy atom. The van der Waals surface area contributed by atoms with Crippen LogP contribution in [0.5, 0.6) is 5.75 Å². The van der Waals surface area contributed by atoms with Crippen molar-refractivity contribution in [3.05, 3.63) is 52.4 Å². The van der Waals surface area contributed by atoms with Gasteiger partial charge in [0.15, 0.2) is 11.6 Å². The summed E-state index contributed by atoms with van der Waals surface area (Å²) >= 11 is 3.09. The second-order valence-electron chi connectivity index (χ2n) is 4.24. The van der Waals surface area contributed by atoms with E-state index in [1.54, 1.807) is 6.26 Å². The van der Waals surface area contributed by atoms with Gasteiger partial charge in [-0.1, -0.05) is 15.9 Å². The highest BCUT2D eigenvalue weighted by Gasteiger charge is 2.11. The number of nitrogens with one attached hydrogen (secondary N) is 1. The highest BCUT2D eigenvalue weighted by Crippen LogP contribution is 2.25. The van der Waals surface area contributed by atoms with Crippen LogP contribution in [0.15, 0.2) is 39.4 Å². The van der Waals surface area contributed by atoms with Gasteiger partial charge in [-0.05, 0) is 31.2 Å². The topological polar surface area (TPSA) is 34.4 Å². The third-order valence-corrected chi connectivity index (χ3v) is 3.20. The number of halogens is 3. The summed E-state index contributed by atoms with van der Waals surface area (Å²) in [7, 11) is 0. The highest BCUT2D eigenvalue weighted by atomic mass is 79.9. The Hall–Kier alpha value is -1.40. The van der Waals surface area contributed by atoms with Crippen LogP contribution >= 0.6 is 15.9 Å². The first-order chi connectivity index (χ1) is 9.58. The fourth-order valence-corrected chi connectivity index (χ4v) is 2.12. The second kappa shape index (κ2) is 6.85. The van der Waals surface area contributed by atoms with Crippen LogP contribution in [0.3, 0.4) is 0 Å². The van der Waals surface area contributed by atoms with E-state index in [4.69, 9.17) is 9.15 Å². The van der Waals surface area contributed by atoms with E-state index in [1.807, 2.05) is 19.1 Å². The second-order valence-corrected chi connectivity index (χ2v) is 5.16. The van der Waals surface area contributed by atoms with Gasteiger partial charge in [0.25, 0.3) is 0 Å². The summed E-state index contributed by atoms with van der Waals surface area (Å²) in [4.78, 5) is 0. The Bertz CT molecular complexity index is 561. The van der Waals surface area contributed by atoms with Crippen molar-refractivity contribution < 1.29 is 17.9 Å². The number of hydrogen-bond acceptors (Lipinski definition) is 3. The van der Waals surface area contributed by atoms with Gasteiger partial charge in [-0.25, -0.2) is 4.39 Å². The minimum Gasteiger partial charge on any atom is -0.489 e. The van der Waals surface area contributed by atoms with Gasteiger partial charge < -0.3 is 14.5 Å². The molecule has 0 aliphatic rings. The quantitative estimate of drug-likeness (QED) is 0.633. The predicted molar refractivity (Wildman–Crippen MR) is 74.7 cm³/mol. The van der Waals surface area contributed by atoms with Crippen LogP contribution in [0.1, 0.15) is 18.7 Å². The molecule has 1 N–H and O–H groups in total. The molecule has 2 rings (SSSR count). The van der Waals surface area contributed by atoms with Gasteiger partial charge in [-0.15, -0.1) is 0 Å². The Balaban J connectivity index is 1.82. The first kappa shape index (κ1) is 15.0. The van der Waals surface area contributed by atoms with E-state index in [1.165, 1.54) is 6.07 Å². The molecule has 108 valence electrons. The molecule has 2 aromatic rings. The average Bonchev–Trinajstić information content (AvgIpc) is 2.93. The van der Waals surface area contributed by atoms with Crippen molar-refractivity contribution >= 4 is 15.9 Å². The monoisotopic (exact) mass is 345 g/mol. The maximum atomic E-state index is 13.4. The molecule has 0 radical (unpaired) electrons. The molecular formula is C14H14BrF2NO2. The molecule has 1 aromatic heterocycles. The zero-order chi connectivity index (χ0) is 14.5. The van der Waals surface area contributed by atoms with Gasteiger partial charge >= 0.3 is 0 Å². The standard InChI is InChI=1S/C14H14BrF2NO2/c1-9(12-3-2-5-19-12)18-4-6-20-13-8-10(15)7-11(16)14(13)17/h2-3,5,7-9,18H,4,6H2,1H3. The minimum absolute atomic E-state index is 0.0256. The van der Waals surface area contributed by atoms with Crippen LogP contribution in [0.4, 0.5) is 8.78 Å². The first-order valence-electron chi connectivity index (χ1n) is 6.12. The summed E-state index contributed by atoms with van der Waals surface area (Å²) in [6, 6.07) is 6.15. The molecular weight excluding hydrogens is 332 g/mol. The number of ether oxygens (including phenoxy) is 1. The van der Waals surface area contributed by atoms with Crippen molar-refractivity contribution in [3.63, 3.8) is 0 Å². The summed E-state index contributed by atoms with van der Waals surface area (Å²) in [5, 5.41) is 3.16. The van der Waals surface area contributed by atoms with Crippen LogP contribution in [0.2, 0.25) is 0 Å². The Labute approximate surface area is 124 Å². The molecule has 1 atom stereocenters. The third-order valence-electron chi connectivity index (χ3n) is 2.74. The summed E-state index contributed by atoms with van der Waals surface area (Å²) in [6.07, 6.45) is 1.60. The maximum Gasteiger partial charge on any atom is 0.200 e. The van der Waals surface area contributed by atoms with E-state index in [0.29, 0.717) is 11.0 Å². The fraction of sp³-hybridized carbons (Fsp3) is 0.286. The Kier molecular flexibility index (Phi) is 5.14. The molecule has 20 heavy (non-hydrogen) atoms. The van der Waals surface area contributed by atoms with Crippen LogP contribution in [-0.2, 0) is 0 Å². The van der Waals surface area contributed by atoms with Crippen molar-refractivity contribution in [1.82, 2.24) is 5.32 Å². The van der Waals surface area contributed by atoms with E-state index in [-0.39, 0.29) is 18.4 Å². The van der Waals surface area contributed by atoms with Gasteiger partial charge in [0, 0.05) is 11.0 Å². The lowest BCUT2D eigenvalue weighted by Crippen LogP contribution is -2.24. The van der Waals surface area contributed by atoms with E-state index in [9.17, 15) is 8.78 Å². The number of hydrogen-bond donors (Lipinski definition) is 1. The van der Waals surface area contributed by atoms with Crippen molar-refractivity contribution in [3.8, 4) is 5.75 Å². The van der Waals surface area contributed by atoms with Crippen molar-refractivity contribution in [2.75, 3.05) is 13.2 Å². The van der Waals surface area contributed by atoms with Gasteiger partial charge in [0.2, 0.25) is 5.82 Å². The molecule has 0 bridgehead atoms. The molecule has 0 spiro atoms. The first-order valence-corrected chi connectivity index (χ1v) is 6.91. The van der Waals surface area contributed by atoms with Gasteiger partial charge in [0.1, 0.15) is 12.4 Å². The number of rotatable bonds is 6. The number of furan rings is 1. The van der Waals surface area contributed by atoms with E-state index >= 15 is 0 Å². The minimum atomic E-state index is -0.979. The van der Waals surface area contributed by atoms with E-state index < -0.39 is 11.6 Å². The van der Waals surface area contributed by atoms with Crippen LogP contribution < -0.4 is 10.1 Å². The van der Waals surface area contributed by atoms with Crippen molar-refractivity contribution in [2.24, 2.45) is 0 Å². The molecule has 0 aliphatic carbocycles. The zero-order valence-electron chi connectivity index (χ0n) is 10.8. The summed E-state index contributed by atoms with van der Waals surface area (Å²) in [5.74, 6) is -1.22. The molecule has 0 fully saturated rings. The smallest absolute Gasteiger partial charge is 0.200 e. The lowest BCUT2D eigenvalue weighted by molar-refractivity contribution is 0.284. The largest absolute Gasteiger partial charge is 0.489 e. The molecule has 0 saturated heterocycles. The van der Waals surface area contributed by atoms with Gasteiger partial charge in [-0.2, -0.15) is 4.39 Å². The Morgan fingerprint density at radius 2 is 2.20 bits per heavy atom. The normalized spacial score (nSPS) is 12.4. The van der Waals surface area contributed by atoms with Crippen molar-refractivity contribution in [1.29, 1.82) is 0 Å². The number of benzene rings is 1. The molecule has 6 heteroatoms. The predicted octanol–water partition coefficient (Wildman–Crippen LogP) is 4.05. The Morgan fingerprint density at radius 1 is 1.40 bits per heavy atom.